The van der Waals surface area contributed by atoms with Crippen molar-refractivity contribution in [3.8, 4) is 17.1 Å². The summed E-state index contributed by atoms with van der Waals surface area (Å²) < 4.78 is 29.1. The van der Waals surface area contributed by atoms with Gasteiger partial charge in [0.25, 0.3) is 6.43 Å². The van der Waals surface area contributed by atoms with Crippen molar-refractivity contribution in [2.45, 2.75) is 13.0 Å². The van der Waals surface area contributed by atoms with Gasteiger partial charge >= 0.3 is 6.03 Å². The predicted molar refractivity (Wildman–Crippen MR) is 97.1 cm³/mol. The Labute approximate surface area is 158 Å². The Hall–Kier alpha value is -2.94. The molecule has 1 aromatic carbocycles. The number of nitrogens with one attached hydrogen (secondary N) is 3. The van der Waals surface area contributed by atoms with Crippen LogP contribution >= 0.6 is 11.6 Å². The Balaban J connectivity index is 1.76. The summed E-state index contributed by atoms with van der Waals surface area (Å²) >= 11 is 6.36. The second-order valence-corrected chi connectivity index (χ2v) is 6.02. The van der Waals surface area contributed by atoms with Crippen LogP contribution in [-0.2, 0) is 6.54 Å². The van der Waals surface area contributed by atoms with Gasteiger partial charge in [0, 0.05) is 22.2 Å². The number of fused-ring (bicyclic) bond motifs is 1. The summed E-state index contributed by atoms with van der Waals surface area (Å²) in [6.07, 6.45) is 0.466. The van der Waals surface area contributed by atoms with Crippen LogP contribution in [0.4, 0.5) is 13.6 Å². The molecule has 0 bridgehead atoms. The van der Waals surface area contributed by atoms with Gasteiger partial charge in [-0.25, -0.2) is 23.5 Å². The van der Waals surface area contributed by atoms with Crippen LogP contribution in [0.15, 0.2) is 30.6 Å². The number of carbonyl (C=O) groups excluding carboxylic acids is 1. The van der Waals surface area contributed by atoms with E-state index in [9.17, 15) is 13.6 Å². The second-order valence-electron chi connectivity index (χ2n) is 5.61. The number of benzene rings is 1. The van der Waals surface area contributed by atoms with Gasteiger partial charge in [-0.1, -0.05) is 11.6 Å². The third-order valence-corrected chi connectivity index (χ3v) is 4.05. The van der Waals surface area contributed by atoms with E-state index in [2.05, 4.69) is 25.6 Å². The molecule has 2 amide bonds. The number of nitrogens with zero attached hydrogens (tertiary/aromatic N) is 2. The molecule has 3 rings (SSSR count). The molecule has 0 fully saturated rings. The van der Waals surface area contributed by atoms with Gasteiger partial charge in [0.15, 0.2) is 0 Å². The van der Waals surface area contributed by atoms with E-state index in [-0.39, 0.29) is 6.54 Å². The summed E-state index contributed by atoms with van der Waals surface area (Å²) in [5, 5.41) is 5.92. The van der Waals surface area contributed by atoms with Crippen LogP contribution in [0, 0.1) is 0 Å². The molecule has 2 heterocycles. The number of urea groups is 1. The average Bonchev–Trinajstić information content (AvgIpc) is 3.05. The fourth-order valence-electron chi connectivity index (χ4n) is 2.47. The highest BCUT2D eigenvalue weighted by atomic mass is 35.5. The highest BCUT2D eigenvalue weighted by molar-refractivity contribution is 6.34. The Bertz CT molecular complexity index is 946. The van der Waals surface area contributed by atoms with Crippen molar-refractivity contribution in [3.05, 3.63) is 41.3 Å². The van der Waals surface area contributed by atoms with Crippen LogP contribution in [0.3, 0.4) is 0 Å². The third-order valence-electron chi connectivity index (χ3n) is 3.73. The van der Waals surface area contributed by atoms with Crippen molar-refractivity contribution in [2.24, 2.45) is 0 Å². The van der Waals surface area contributed by atoms with E-state index in [1.165, 1.54) is 13.3 Å². The number of rotatable bonds is 6. The molecule has 0 saturated carbocycles. The normalized spacial score (nSPS) is 11.0. The summed E-state index contributed by atoms with van der Waals surface area (Å²) in [5.41, 5.74) is 2.77. The molecule has 0 aliphatic rings. The number of carbonyl (C=O) groups is 1. The van der Waals surface area contributed by atoms with Crippen molar-refractivity contribution in [1.82, 2.24) is 25.6 Å². The number of aromatic amines is 1. The minimum Gasteiger partial charge on any atom is -0.480 e. The Kier molecular flexibility index (Phi) is 5.70. The molecule has 142 valence electrons. The van der Waals surface area contributed by atoms with Crippen molar-refractivity contribution in [2.75, 3.05) is 13.7 Å². The zero-order chi connectivity index (χ0) is 19.4. The van der Waals surface area contributed by atoms with Crippen molar-refractivity contribution >= 4 is 28.5 Å². The summed E-state index contributed by atoms with van der Waals surface area (Å²) in [4.78, 5) is 23.0. The maximum absolute atomic E-state index is 12.1. The van der Waals surface area contributed by atoms with Gasteiger partial charge in [-0.3, -0.25) is 0 Å². The van der Waals surface area contributed by atoms with E-state index in [4.69, 9.17) is 16.3 Å². The first-order valence-electron chi connectivity index (χ1n) is 7.93. The molecule has 0 radical (unpaired) electrons. The van der Waals surface area contributed by atoms with Crippen LogP contribution in [0.2, 0.25) is 5.02 Å². The molecular formula is C17H16ClF2N5O2. The lowest BCUT2D eigenvalue weighted by Gasteiger charge is -2.05. The molecule has 0 atom stereocenters. The molecule has 3 aromatic rings. The minimum atomic E-state index is -2.59. The quantitative estimate of drug-likeness (QED) is 0.596. The highest BCUT2D eigenvalue weighted by Crippen LogP contribution is 2.31. The zero-order valence-corrected chi connectivity index (χ0v) is 15.0. The summed E-state index contributed by atoms with van der Waals surface area (Å²) in [6, 6.07) is 4.75. The van der Waals surface area contributed by atoms with Crippen LogP contribution in [0.25, 0.3) is 22.2 Å². The van der Waals surface area contributed by atoms with Crippen LogP contribution in [0.5, 0.6) is 5.88 Å². The molecule has 10 heteroatoms. The van der Waals surface area contributed by atoms with Crippen LogP contribution in [0.1, 0.15) is 5.69 Å². The number of methoxy groups -OCH3 is 1. The number of hydrogen-bond acceptors (Lipinski definition) is 4. The lowest BCUT2D eigenvalue weighted by Crippen LogP contribution is -2.37. The average molecular weight is 396 g/mol. The molecule has 0 spiro atoms. The molecule has 3 N–H and O–H groups in total. The lowest BCUT2D eigenvalue weighted by molar-refractivity contribution is 0.146. The third kappa shape index (κ3) is 4.62. The Morgan fingerprint density at radius 1 is 1.26 bits per heavy atom. The predicted octanol–water partition coefficient (Wildman–Crippen LogP) is 3.35. The summed E-state index contributed by atoms with van der Waals surface area (Å²) in [6.45, 7) is -0.542. The van der Waals surface area contributed by atoms with E-state index < -0.39 is 19.0 Å². The number of aromatic nitrogens is 3. The van der Waals surface area contributed by atoms with E-state index in [1.54, 1.807) is 12.3 Å². The highest BCUT2D eigenvalue weighted by Gasteiger charge is 2.11. The van der Waals surface area contributed by atoms with Gasteiger partial charge in [0.2, 0.25) is 5.88 Å². The maximum atomic E-state index is 12.1. The molecule has 27 heavy (non-hydrogen) atoms. The smallest absolute Gasteiger partial charge is 0.315 e. The largest absolute Gasteiger partial charge is 0.480 e. The second kappa shape index (κ2) is 8.17. The first kappa shape index (κ1) is 18.8. The topological polar surface area (TPSA) is 91.9 Å². The van der Waals surface area contributed by atoms with E-state index in [0.29, 0.717) is 27.9 Å². The molecule has 0 unspecified atom stereocenters. The molecule has 0 aliphatic carbocycles. The number of H-pyrrole nitrogens is 1. The minimum absolute atomic E-state index is 0.152. The van der Waals surface area contributed by atoms with Gasteiger partial charge in [0.1, 0.15) is 0 Å². The SMILES string of the molecule is COc1cnc(-c2cc3[nH]c(CNC(=O)NCC(F)F)cc3cc2Cl)cn1. The maximum Gasteiger partial charge on any atom is 0.315 e. The molecule has 2 aromatic heterocycles. The fourth-order valence-corrected chi connectivity index (χ4v) is 2.74. The molecule has 0 saturated heterocycles. The Morgan fingerprint density at radius 2 is 2.07 bits per heavy atom. The van der Waals surface area contributed by atoms with Gasteiger partial charge in [-0.05, 0) is 18.2 Å². The van der Waals surface area contributed by atoms with Crippen molar-refractivity contribution < 1.29 is 18.3 Å². The zero-order valence-electron chi connectivity index (χ0n) is 14.2. The van der Waals surface area contributed by atoms with Crippen molar-refractivity contribution in [1.29, 1.82) is 0 Å². The van der Waals surface area contributed by atoms with Crippen molar-refractivity contribution in [3.63, 3.8) is 0 Å². The standard InChI is InChI=1S/C17H16ClF2N5O2/c1-27-16-8-21-14(6-22-16)11-4-13-9(3-12(11)18)2-10(25-13)5-23-17(26)24-7-15(19)20/h2-4,6,8,15,25H,5,7H2,1H3,(H2,23,24,26). The van der Waals surface area contributed by atoms with Crippen LogP contribution < -0.4 is 15.4 Å². The first-order valence-corrected chi connectivity index (χ1v) is 8.31. The number of amides is 2. The first-order chi connectivity index (χ1) is 13.0. The van der Waals surface area contributed by atoms with Gasteiger partial charge < -0.3 is 20.4 Å². The lowest BCUT2D eigenvalue weighted by atomic mass is 10.1. The van der Waals surface area contributed by atoms with Crippen LogP contribution in [-0.4, -0.2) is 41.1 Å². The van der Waals surface area contributed by atoms with E-state index in [0.717, 1.165) is 10.9 Å². The summed E-state index contributed by atoms with van der Waals surface area (Å²) in [7, 11) is 1.50. The van der Waals surface area contributed by atoms with E-state index in [1.807, 2.05) is 12.1 Å². The number of ether oxygens (including phenoxy) is 1. The molecular weight excluding hydrogens is 380 g/mol. The number of hydrogen-bond donors (Lipinski definition) is 3. The molecule has 7 nitrogen and oxygen atoms in total. The monoisotopic (exact) mass is 395 g/mol. The summed E-state index contributed by atoms with van der Waals surface area (Å²) in [5.74, 6) is 0.398. The number of halogens is 3. The fraction of sp³-hybridized carbons (Fsp3) is 0.235. The Morgan fingerprint density at radius 3 is 2.74 bits per heavy atom. The molecule has 0 aliphatic heterocycles. The van der Waals surface area contributed by atoms with Gasteiger partial charge in [-0.15, -0.1) is 0 Å². The van der Waals surface area contributed by atoms with Gasteiger partial charge in [-0.2, -0.15) is 0 Å². The van der Waals surface area contributed by atoms with Gasteiger partial charge in [0.05, 0.1) is 43.3 Å². The number of alkyl halides is 2. The van der Waals surface area contributed by atoms with E-state index >= 15 is 0 Å².